The van der Waals surface area contributed by atoms with Gasteiger partial charge in [-0.3, -0.25) is 4.79 Å². The van der Waals surface area contributed by atoms with Crippen LogP contribution >= 0.6 is 39.0 Å². The minimum absolute atomic E-state index is 0.171. The lowest BCUT2D eigenvalue weighted by Crippen LogP contribution is -2.25. The maximum Gasteiger partial charge on any atom is 0.270 e. The number of amides is 1. The molecule has 1 unspecified atom stereocenters. The Bertz CT molecular complexity index is 973. The van der Waals surface area contributed by atoms with Crippen molar-refractivity contribution in [2.24, 2.45) is 5.73 Å². The average molecular weight is 451 g/mol. The van der Waals surface area contributed by atoms with E-state index in [2.05, 4.69) is 31.4 Å². The predicted molar refractivity (Wildman–Crippen MR) is 110 cm³/mol. The van der Waals surface area contributed by atoms with E-state index < -0.39 is 5.91 Å². The lowest BCUT2D eigenvalue weighted by molar-refractivity contribution is 0.0996. The highest BCUT2D eigenvalue weighted by molar-refractivity contribution is 9.10. The number of ether oxygens (including phenoxy) is 1. The van der Waals surface area contributed by atoms with Crippen LogP contribution < -0.4 is 11.1 Å². The van der Waals surface area contributed by atoms with Crippen molar-refractivity contribution in [3.8, 4) is 10.4 Å². The van der Waals surface area contributed by atoms with Crippen molar-refractivity contribution in [3.05, 3.63) is 40.5 Å². The van der Waals surface area contributed by atoms with Crippen LogP contribution in [0.1, 0.15) is 16.9 Å². The van der Waals surface area contributed by atoms with Gasteiger partial charge in [-0.05, 0) is 35.9 Å². The number of hydrogen-bond donors (Lipinski definition) is 2. The standard InChI is InChI=1S/C17H15BrN4O2S2/c18-10-4-1-3-9(7-10)12-8-11-14(26-12)13(15(19)23)21-22-16(11)20-17-24-5-2-6-25-17/h1,3-4,7-8,17H,2,5-6H2,(H2,19,23)(H,20,22). The second-order valence-electron chi connectivity index (χ2n) is 5.70. The Morgan fingerprint density at radius 3 is 2.96 bits per heavy atom. The molecule has 2 aromatic heterocycles. The second-order valence-corrected chi connectivity index (χ2v) is 8.83. The summed E-state index contributed by atoms with van der Waals surface area (Å²) in [4.78, 5) is 12.8. The Hall–Kier alpha value is -1.68. The van der Waals surface area contributed by atoms with Gasteiger partial charge in [0.1, 0.15) is 0 Å². The highest BCUT2D eigenvalue weighted by Crippen LogP contribution is 2.38. The summed E-state index contributed by atoms with van der Waals surface area (Å²) in [6, 6.07) is 10.0. The van der Waals surface area contributed by atoms with Crippen LogP contribution in [0.3, 0.4) is 0 Å². The third kappa shape index (κ3) is 3.57. The number of aromatic nitrogens is 2. The number of halogens is 1. The molecule has 0 aliphatic carbocycles. The summed E-state index contributed by atoms with van der Waals surface area (Å²) in [5, 5.41) is 12.3. The quantitative estimate of drug-likeness (QED) is 0.622. The summed E-state index contributed by atoms with van der Waals surface area (Å²) in [5.74, 6) is 1.04. The van der Waals surface area contributed by atoms with E-state index in [9.17, 15) is 4.79 Å². The molecule has 1 saturated heterocycles. The summed E-state index contributed by atoms with van der Waals surface area (Å²) >= 11 is 6.66. The van der Waals surface area contributed by atoms with E-state index in [0.29, 0.717) is 12.4 Å². The van der Waals surface area contributed by atoms with Crippen molar-refractivity contribution in [2.45, 2.75) is 12.0 Å². The van der Waals surface area contributed by atoms with Crippen molar-refractivity contribution in [1.82, 2.24) is 10.2 Å². The minimum atomic E-state index is -0.583. The number of fused-ring (bicyclic) bond motifs is 1. The molecular formula is C17H15BrN4O2S2. The Balaban J connectivity index is 1.80. The van der Waals surface area contributed by atoms with Crippen LogP contribution in [0, 0.1) is 0 Å². The summed E-state index contributed by atoms with van der Waals surface area (Å²) in [6.45, 7) is 0.716. The molecule has 0 radical (unpaired) electrons. The maximum atomic E-state index is 11.8. The highest BCUT2D eigenvalue weighted by Gasteiger charge is 2.21. The van der Waals surface area contributed by atoms with Gasteiger partial charge in [0.2, 0.25) is 0 Å². The number of carbonyl (C=O) groups excluding carboxylic acids is 1. The fourth-order valence-electron chi connectivity index (χ4n) is 2.68. The van der Waals surface area contributed by atoms with Crippen molar-refractivity contribution in [1.29, 1.82) is 0 Å². The minimum Gasteiger partial charge on any atom is -0.364 e. The monoisotopic (exact) mass is 450 g/mol. The lowest BCUT2D eigenvalue weighted by atomic mass is 10.1. The molecule has 1 atom stereocenters. The number of rotatable bonds is 4. The number of primary amides is 1. The van der Waals surface area contributed by atoms with Crippen molar-refractivity contribution in [2.75, 3.05) is 17.7 Å². The molecule has 1 aliphatic rings. The topological polar surface area (TPSA) is 90.1 Å². The number of anilines is 1. The number of nitrogens with zero attached hydrogens (tertiary/aromatic N) is 2. The number of nitrogens with one attached hydrogen (secondary N) is 1. The van der Waals surface area contributed by atoms with Crippen LogP contribution in [0.25, 0.3) is 20.5 Å². The van der Waals surface area contributed by atoms with E-state index in [0.717, 1.165) is 37.2 Å². The Labute approximate surface area is 166 Å². The van der Waals surface area contributed by atoms with Crippen LogP contribution in [0.15, 0.2) is 34.8 Å². The van der Waals surface area contributed by atoms with Gasteiger partial charge in [0, 0.05) is 14.7 Å². The van der Waals surface area contributed by atoms with Crippen molar-refractivity contribution in [3.63, 3.8) is 0 Å². The molecule has 4 rings (SSSR count). The van der Waals surface area contributed by atoms with Gasteiger partial charge >= 0.3 is 0 Å². The Morgan fingerprint density at radius 2 is 2.23 bits per heavy atom. The van der Waals surface area contributed by atoms with Gasteiger partial charge in [0.15, 0.2) is 17.1 Å². The number of hydrogen-bond acceptors (Lipinski definition) is 7. The molecule has 9 heteroatoms. The number of benzene rings is 1. The summed E-state index contributed by atoms with van der Waals surface area (Å²) in [5.41, 5.74) is 6.56. The predicted octanol–water partition coefficient (Wildman–Crippen LogP) is 4.07. The summed E-state index contributed by atoms with van der Waals surface area (Å²) < 4.78 is 7.42. The first-order chi connectivity index (χ1) is 12.6. The molecular weight excluding hydrogens is 436 g/mol. The molecule has 3 N–H and O–H groups in total. The summed E-state index contributed by atoms with van der Waals surface area (Å²) in [7, 11) is 0. The van der Waals surface area contributed by atoms with E-state index in [4.69, 9.17) is 10.5 Å². The van der Waals surface area contributed by atoms with E-state index in [1.165, 1.54) is 11.3 Å². The van der Waals surface area contributed by atoms with Crippen LogP contribution in [0.2, 0.25) is 0 Å². The zero-order valence-corrected chi connectivity index (χ0v) is 16.8. The van der Waals surface area contributed by atoms with Crippen LogP contribution in [-0.4, -0.2) is 34.0 Å². The molecule has 1 fully saturated rings. The molecule has 26 heavy (non-hydrogen) atoms. The number of thiophene rings is 1. The van der Waals surface area contributed by atoms with Gasteiger partial charge < -0.3 is 15.8 Å². The third-order valence-corrected chi connectivity index (χ3v) is 6.64. The Morgan fingerprint density at radius 1 is 1.35 bits per heavy atom. The molecule has 0 saturated carbocycles. The first kappa shape index (κ1) is 17.7. The van der Waals surface area contributed by atoms with E-state index >= 15 is 0 Å². The molecule has 6 nitrogen and oxygen atoms in total. The van der Waals surface area contributed by atoms with Gasteiger partial charge in [0.25, 0.3) is 5.91 Å². The van der Waals surface area contributed by atoms with Crippen molar-refractivity contribution >= 4 is 60.8 Å². The highest BCUT2D eigenvalue weighted by atomic mass is 79.9. The smallest absolute Gasteiger partial charge is 0.270 e. The summed E-state index contributed by atoms with van der Waals surface area (Å²) in [6.07, 6.45) is 1.04. The van der Waals surface area contributed by atoms with Gasteiger partial charge in [-0.25, -0.2) is 0 Å². The van der Waals surface area contributed by atoms with Gasteiger partial charge in [-0.15, -0.1) is 33.3 Å². The fraction of sp³-hybridized carbons (Fsp3) is 0.235. The zero-order chi connectivity index (χ0) is 18.1. The van der Waals surface area contributed by atoms with Crippen LogP contribution in [0.5, 0.6) is 0 Å². The number of thioether (sulfide) groups is 1. The molecule has 1 aliphatic heterocycles. The van der Waals surface area contributed by atoms with Crippen LogP contribution in [0.4, 0.5) is 5.82 Å². The Kier molecular flexibility index (Phi) is 5.12. The molecule has 0 spiro atoms. The van der Waals surface area contributed by atoms with E-state index in [-0.39, 0.29) is 11.3 Å². The molecule has 3 heterocycles. The second kappa shape index (κ2) is 7.51. The van der Waals surface area contributed by atoms with Gasteiger partial charge in [-0.2, -0.15) is 0 Å². The SMILES string of the molecule is NC(=O)c1nnc(NC2OCCCS2)c2cc(-c3cccc(Br)c3)sc12. The molecule has 3 aromatic rings. The third-order valence-electron chi connectivity index (χ3n) is 3.88. The van der Waals surface area contributed by atoms with E-state index in [1.807, 2.05) is 30.3 Å². The normalized spacial score (nSPS) is 17.3. The maximum absolute atomic E-state index is 11.8. The first-order valence-electron chi connectivity index (χ1n) is 7.97. The van der Waals surface area contributed by atoms with Gasteiger partial charge in [-0.1, -0.05) is 28.1 Å². The van der Waals surface area contributed by atoms with Crippen LogP contribution in [-0.2, 0) is 4.74 Å². The average Bonchev–Trinajstić information content (AvgIpc) is 3.08. The molecule has 1 amide bonds. The van der Waals surface area contributed by atoms with Gasteiger partial charge in [0.05, 0.1) is 11.3 Å². The largest absolute Gasteiger partial charge is 0.364 e. The fourth-order valence-corrected chi connectivity index (χ4v) is 5.11. The van der Waals surface area contributed by atoms with E-state index in [1.54, 1.807) is 11.8 Å². The van der Waals surface area contributed by atoms with Crippen molar-refractivity contribution < 1.29 is 9.53 Å². The molecule has 1 aromatic carbocycles. The molecule has 134 valence electrons. The zero-order valence-electron chi connectivity index (χ0n) is 13.6. The number of carbonyl (C=O) groups is 1. The number of nitrogens with two attached hydrogens (primary N) is 1. The molecule has 0 bridgehead atoms. The first-order valence-corrected chi connectivity index (χ1v) is 10.6. The lowest BCUT2D eigenvalue weighted by Gasteiger charge is -2.23.